The van der Waals surface area contributed by atoms with E-state index in [1.807, 2.05) is 0 Å². The molecule has 1 nitrogen and oxygen atoms in total. The SMILES string of the molecule is Cc1ccc(NC2CC(C)(C)CC(C)(C)C2)cc1C. The van der Waals surface area contributed by atoms with E-state index in [1.54, 1.807) is 0 Å². The van der Waals surface area contributed by atoms with Gasteiger partial charge < -0.3 is 5.32 Å². The molecule has 1 fully saturated rings. The molecular weight excluding hydrogens is 230 g/mol. The highest BCUT2D eigenvalue weighted by Gasteiger charge is 2.38. The first-order valence-corrected chi connectivity index (χ1v) is 7.51. The van der Waals surface area contributed by atoms with Crippen LogP contribution in [0.1, 0.15) is 58.1 Å². The highest BCUT2D eigenvalue weighted by molar-refractivity contribution is 5.48. The van der Waals surface area contributed by atoms with Crippen LogP contribution in [0.2, 0.25) is 0 Å². The second-order valence-electron chi connectivity index (χ2n) is 8.05. The van der Waals surface area contributed by atoms with Crippen molar-refractivity contribution in [1.29, 1.82) is 0 Å². The molecule has 0 amide bonds. The number of hydrogen-bond acceptors (Lipinski definition) is 1. The fourth-order valence-corrected chi connectivity index (χ4v) is 4.02. The summed E-state index contributed by atoms with van der Waals surface area (Å²) in [5, 5.41) is 3.76. The van der Waals surface area contributed by atoms with Crippen molar-refractivity contribution in [3.05, 3.63) is 29.3 Å². The second kappa shape index (κ2) is 4.85. The largest absolute Gasteiger partial charge is 0.382 e. The van der Waals surface area contributed by atoms with Crippen molar-refractivity contribution in [2.45, 2.75) is 66.8 Å². The molecule has 0 heterocycles. The van der Waals surface area contributed by atoms with Crippen molar-refractivity contribution in [3.8, 4) is 0 Å². The fraction of sp³-hybridized carbons (Fsp3) is 0.667. The number of hydrogen-bond donors (Lipinski definition) is 1. The van der Waals surface area contributed by atoms with Crippen LogP contribution >= 0.6 is 0 Å². The summed E-state index contributed by atoms with van der Waals surface area (Å²) in [5.74, 6) is 0. The molecule has 1 aliphatic carbocycles. The van der Waals surface area contributed by atoms with Gasteiger partial charge in [0.2, 0.25) is 0 Å². The van der Waals surface area contributed by atoms with E-state index in [9.17, 15) is 0 Å². The minimum atomic E-state index is 0.444. The Morgan fingerprint density at radius 3 is 2.05 bits per heavy atom. The molecular formula is C18H29N. The molecule has 1 heteroatoms. The minimum absolute atomic E-state index is 0.444. The molecule has 1 aromatic rings. The van der Waals surface area contributed by atoms with E-state index in [-0.39, 0.29) is 0 Å². The third-order valence-corrected chi connectivity index (χ3v) is 4.43. The lowest BCUT2D eigenvalue weighted by molar-refractivity contribution is 0.105. The minimum Gasteiger partial charge on any atom is -0.382 e. The first kappa shape index (κ1) is 14.4. The van der Waals surface area contributed by atoms with E-state index in [1.165, 1.54) is 36.1 Å². The van der Waals surface area contributed by atoms with E-state index in [2.05, 4.69) is 65.1 Å². The molecule has 1 N–H and O–H groups in total. The molecule has 1 saturated carbocycles. The molecule has 1 aliphatic rings. The summed E-state index contributed by atoms with van der Waals surface area (Å²) in [6.07, 6.45) is 3.86. The van der Waals surface area contributed by atoms with Crippen LogP contribution in [0.25, 0.3) is 0 Å². The predicted molar refractivity (Wildman–Crippen MR) is 84.7 cm³/mol. The highest BCUT2D eigenvalue weighted by Crippen LogP contribution is 2.46. The molecule has 0 aromatic heterocycles. The zero-order valence-corrected chi connectivity index (χ0v) is 13.4. The van der Waals surface area contributed by atoms with Gasteiger partial charge in [-0.25, -0.2) is 0 Å². The maximum atomic E-state index is 3.76. The van der Waals surface area contributed by atoms with Crippen LogP contribution in [0.3, 0.4) is 0 Å². The molecule has 0 atom stereocenters. The lowest BCUT2D eigenvalue weighted by Gasteiger charge is -2.45. The molecule has 0 saturated heterocycles. The third kappa shape index (κ3) is 3.75. The molecule has 1 aromatic carbocycles. The van der Waals surface area contributed by atoms with E-state index in [4.69, 9.17) is 0 Å². The van der Waals surface area contributed by atoms with Crippen molar-refractivity contribution in [1.82, 2.24) is 0 Å². The Morgan fingerprint density at radius 1 is 0.947 bits per heavy atom. The molecule has 0 aliphatic heterocycles. The maximum absolute atomic E-state index is 3.76. The van der Waals surface area contributed by atoms with Crippen LogP contribution in [0.4, 0.5) is 5.69 Å². The van der Waals surface area contributed by atoms with Gasteiger partial charge in [0, 0.05) is 11.7 Å². The van der Waals surface area contributed by atoms with Crippen molar-refractivity contribution >= 4 is 5.69 Å². The van der Waals surface area contributed by atoms with Gasteiger partial charge in [-0.2, -0.15) is 0 Å². The Labute approximate surface area is 118 Å². The molecule has 0 unspecified atom stereocenters. The van der Waals surface area contributed by atoms with Gasteiger partial charge in [-0.05, 0) is 67.2 Å². The van der Waals surface area contributed by atoms with Gasteiger partial charge >= 0.3 is 0 Å². The van der Waals surface area contributed by atoms with Crippen LogP contribution in [0, 0.1) is 24.7 Å². The summed E-state index contributed by atoms with van der Waals surface area (Å²) in [6, 6.07) is 7.32. The van der Waals surface area contributed by atoms with Crippen LogP contribution in [-0.2, 0) is 0 Å². The van der Waals surface area contributed by atoms with Gasteiger partial charge in [0.1, 0.15) is 0 Å². The highest BCUT2D eigenvalue weighted by atomic mass is 14.9. The van der Waals surface area contributed by atoms with E-state index in [0.717, 1.165) is 0 Å². The number of rotatable bonds is 2. The molecule has 0 bridgehead atoms. The van der Waals surface area contributed by atoms with Gasteiger partial charge in [-0.1, -0.05) is 33.8 Å². The van der Waals surface area contributed by atoms with E-state index < -0.39 is 0 Å². The Kier molecular flexibility index (Phi) is 3.68. The zero-order valence-electron chi connectivity index (χ0n) is 13.4. The Bertz CT molecular complexity index is 441. The lowest BCUT2D eigenvalue weighted by atomic mass is 9.63. The zero-order chi connectivity index (χ0) is 14.3. The van der Waals surface area contributed by atoms with Crippen LogP contribution in [0.5, 0.6) is 0 Å². The van der Waals surface area contributed by atoms with Crippen LogP contribution in [0.15, 0.2) is 18.2 Å². The van der Waals surface area contributed by atoms with Crippen LogP contribution in [-0.4, -0.2) is 6.04 Å². The van der Waals surface area contributed by atoms with Crippen molar-refractivity contribution in [2.24, 2.45) is 10.8 Å². The summed E-state index contributed by atoms with van der Waals surface area (Å²) in [4.78, 5) is 0. The Balaban J connectivity index is 2.11. The number of benzene rings is 1. The van der Waals surface area contributed by atoms with Crippen LogP contribution < -0.4 is 5.32 Å². The monoisotopic (exact) mass is 259 g/mol. The molecule has 106 valence electrons. The number of aryl methyl sites for hydroxylation is 2. The second-order valence-corrected chi connectivity index (χ2v) is 8.05. The van der Waals surface area contributed by atoms with Gasteiger partial charge in [0.05, 0.1) is 0 Å². The summed E-state index contributed by atoms with van der Waals surface area (Å²) in [7, 11) is 0. The topological polar surface area (TPSA) is 12.0 Å². The van der Waals surface area contributed by atoms with Gasteiger partial charge in [0.25, 0.3) is 0 Å². The quantitative estimate of drug-likeness (QED) is 0.758. The fourth-order valence-electron chi connectivity index (χ4n) is 4.02. The average Bonchev–Trinajstić information content (AvgIpc) is 2.18. The van der Waals surface area contributed by atoms with E-state index in [0.29, 0.717) is 16.9 Å². The van der Waals surface area contributed by atoms with Gasteiger partial charge in [-0.3, -0.25) is 0 Å². The molecule has 0 spiro atoms. The van der Waals surface area contributed by atoms with E-state index >= 15 is 0 Å². The molecule has 0 radical (unpaired) electrons. The molecule has 2 rings (SSSR count). The lowest BCUT2D eigenvalue weighted by Crippen LogP contribution is -2.40. The number of anilines is 1. The predicted octanol–water partition coefficient (Wildman–Crippen LogP) is 5.32. The summed E-state index contributed by atoms with van der Waals surface area (Å²) in [5.41, 5.74) is 4.91. The summed E-state index contributed by atoms with van der Waals surface area (Å²) in [6.45, 7) is 14.0. The third-order valence-electron chi connectivity index (χ3n) is 4.43. The number of nitrogens with one attached hydrogen (secondary N) is 1. The van der Waals surface area contributed by atoms with Gasteiger partial charge in [0.15, 0.2) is 0 Å². The van der Waals surface area contributed by atoms with Gasteiger partial charge in [-0.15, -0.1) is 0 Å². The normalized spacial score (nSPS) is 22.2. The Morgan fingerprint density at radius 2 is 1.53 bits per heavy atom. The van der Waals surface area contributed by atoms with Crippen molar-refractivity contribution in [3.63, 3.8) is 0 Å². The first-order valence-electron chi connectivity index (χ1n) is 7.51. The first-order chi connectivity index (χ1) is 8.67. The Hall–Kier alpha value is -0.980. The smallest absolute Gasteiger partial charge is 0.0345 e. The van der Waals surface area contributed by atoms with Crippen molar-refractivity contribution < 1.29 is 0 Å². The van der Waals surface area contributed by atoms with Crippen molar-refractivity contribution in [2.75, 3.05) is 5.32 Å². The standard InChI is InChI=1S/C18H29N/c1-13-7-8-15(9-14(13)2)19-16-10-17(3,4)12-18(5,6)11-16/h7-9,16,19H,10-12H2,1-6H3. The summed E-state index contributed by atoms with van der Waals surface area (Å²) >= 11 is 0. The maximum Gasteiger partial charge on any atom is 0.0345 e. The summed E-state index contributed by atoms with van der Waals surface area (Å²) < 4.78 is 0. The molecule has 19 heavy (non-hydrogen) atoms. The average molecular weight is 259 g/mol.